The zero-order valence-corrected chi connectivity index (χ0v) is 12.7. The number of anilines is 1. The van der Waals surface area contributed by atoms with Crippen LogP contribution in [0.4, 0.5) is 10.1 Å². The molecule has 0 spiro atoms. The number of phenols is 1. The summed E-state index contributed by atoms with van der Waals surface area (Å²) in [4.78, 5) is 12.4. The molecule has 0 aliphatic rings. The summed E-state index contributed by atoms with van der Waals surface area (Å²) in [5.74, 6) is -0.618. The maximum Gasteiger partial charge on any atom is 0.234 e. The molecule has 0 saturated heterocycles. The van der Waals surface area contributed by atoms with Gasteiger partial charge < -0.3 is 10.4 Å². The molecule has 0 heterocycles. The van der Waals surface area contributed by atoms with Crippen molar-refractivity contribution in [3.8, 4) is 5.75 Å². The third-order valence-electron chi connectivity index (χ3n) is 2.43. The fourth-order valence-electron chi connectivity index (χ4n) is 1.50. The number of phenolic OH excluding ortho intramolecular Hbond substituents is 1. The van der Waals surface area contributed by atoms with E-state index in [1.165, 1.54) is 23.9 Å². The van der Waals surface area contributed by atoms with Crippen molar-refractivity contribution in [1.82, 2.24) is 0 Å². The smallest absolute Gasteiger partial charge is 0.234 e. The van der Waals surface area contributed by atoms with Crippen LogP contribution < -0.4 is 5.32 Å². The number of benzene rings is 2. The first-order chi connectivity index (χ1) is 9.56. The van der Waals surface area contributed by atoms with E-state index in [4.69, 9.17) is 0 Å². The van der Waals surface area contributed by atoms with Crippen molar-refractivity contribution in [3.05, 3.63) is 52.8 Å². The lowest BCUT2D eigenvalue weighted by Crippen LogP contribution is -2.15. The Balaban J connectivity index is 1.94. The summed E-state index contributed by atoms with van der Waals surface area (Å²) in [5, 5.41) is 12.1. The lowest BCUT2D eigenvalue weighted by Gasteiger charge is -2.07. The molecule has 20 heavy (non-hydrogen) atoms. The van der Waals surface area contributed by atoms with Crippen molar-refractivity contribution in [2.45, 2.75) is 4.90 Å². The molecule has 0 radical (unpaired) electrons. The second-order valence-corrected chi connectivity index (χ2v) is 5.86. The third-order valence-corrected chi connectivity index (χ3v) is 3.99. The number of halogens is 2. The first-order valence-electron chi connectivity index (χ1n) is 5.72. The molecule has 2 N–H and O–H groups in total. The third kappa shape index (κ3) is 3.98. The van der Waals surface area contributed by atoms with Gasteiger partial charge in [-0.1, -0.05) is 28.1 Å². The molecule has 2 aromatic rings. The highest BCUT2D eigenvalue weighted by molar-refractivity contribution is 9.10. The van der Waals surface area contributed by atoms with E-state index in [1.54, 1.807) is 30.3 Å². The Labute approximate surface area is 128 Å². The monoisotopic (exact) mass is 355 g/mol. The molecule has 104 valence electrons. The fraction of sp³-hybridized carbons (Fsp3) is 0.0714. The van der Waals surface area contributed by atoms with Crippen LogP contribution in [0, 0.1) is 5.82 Å². The molecule has 0 fully saturated rings. The van der Waals surface area contributed by atoms with E-state index in [0.717, 1.165) is 0 Å². The quantitative estimate of drug-likeness (QED) is 0.814. The number of hydrogen-bond donors (Lipinski definition) is 2. The van der Waals surface area contributed by atoms with Gasteiger partial charge in [0.1, 0.15) is 11.6 Å². The summed E-state index contributed by atoms with van der Waals surface area (Å²) in [6.45, 7) is 0. The molecule has 0 aliphatic heterocycles. The van der Waals surface area contributed by atoms with Crippen LogP contribution in [0.3, 0.4) is 0 Å². The lowest BCUT2D eigenvalue weighted by molar-refractivity contribution is -0.113. The molecular weight excluding hydrogens is 345 g/mol. The summed E-state index contributed by atoms with van der Waals surface area (Å²) < 4.78 is 14.2. The molecule has 2 aromatic carbocycles. The molecule has 0 bridgehead atoms. The molecule has 0 saturated carbocycles. The van der Waals surface area contributed by atoms with Crippen LogP contribution in [0.25, 0.3) is 0 Å². The van der Waals surface area contributed by atoms with Crippen molar-refractivity contribution in [3.63, 3.8) is 0 Å². The molecule has 3 nitrogen and oxygen atoms in total. The minimum absolute atomic E-state index is 0.0904. The Morgan fingerprint density at radius 1 is 1.30 bits per heavy atom. The molecular formula is C14H11BrFNO2S. The number of nitrogens with one attached hydrogen (secondary N) is 1. The van der Waals surface area contributed by atoms with Gasteiger partial charge in [0.25, 0.3) is 0 Å². The van der Waals surface area contributed by atoms with Crippen LogP contribution in [0.15, 0.2) is 51.8 Å². The maximum atomic E-state index is 13.5. The standard InChI is InChI=1S/C14H11BrFNO2S/c15-9-5-6-11(10(16)7-9)17-14(19)8-20-13-4-2-1-3-12(13)18/h1-7,18H,8H2,(H,17,19). The summed E-state index contributed by atoms with van der Waals surface area (Å²) in [5.41, 5.74) is 0.135. The molecule has 0 atom stereocenters. The van der Waals surface area contributed by atoms with Crippen LogP contribution in [0.5, 0.6) is 5.75 Å². The minimum atomic E-state index is -0.500. The average molecular weight is 356 g/mol. The maximum absolute atomic E-state index is 13.5. The van der Waals surface area contributed by atoms with E-state index in [2.05, 4.69) is 21.2 Å². The second-order valence-electron chi connectivity index (χ2n) is 3.93. The molecule has 1 amide bonds. The SMILES string of the molecule is O=C(CSc1ccccc1O)Nc1ccc(Br)cc1F. The largest absolute Gasteiger partial charge is 0.507 e. The van der Waals surface area contributed by atoms with E-state index >= 15 is 0 Å². The molecule has 2 rings (SSSR count). The van der Waals surface area contributed by atoms with Crippen molar-refractivity contribution in [2.24, 2.45) is 0 Å². The number of amides is 1. The highest BCUT2D eigenvalue weighted by Crippen LogP contribution is 2.27. The number of rotatable bonds is 4. The van der Waals surface area contributed by atoms with Crippen LogP contribution in [-0.4, -0.2) is 16.8 Å². The number of carbonyl (C=O) groups excluding carboxylic acids is 1. The average Bonchev–Trinajstić information content (AvgIpc) is 2.41. The van der Waals surface area contributed by atoms with Gasteiger partial charge in [0.05, 0.1) is 11.4 Å². The van der Waals surface area contributed by atoms with E-state index in [9.17, 15) is 14.3 Å². The zero-order chi connectivity index (χ0) is 14.5. The van der Waals surface area contributed by atoms with E-state index in [-0.39, 0.29) is 23.1 Å². The number of thioether (sulfide) groups is 1. The summed E-state index contributed by atoms with van der Waals surface area (Å²) in [6, 6.07) is 11.2. The number of aromatic hydroxyl groups is 1. The number of carbonyl (C=O) groups is 1. The Morgan fingerprint density at radius 3 is 2.75 bits per heavy atom. The van der Waals surface area contributed by atoms with Crippen molar-refractivity contribution >= 4 is 39.3 Å². The summed E-state index contributed by atoms with van der Waals surface area (Å²) in [6.07, 6.45) is 0. The fourth-order valence-corrected chi connectivity index (χ4v) is 2.58. The van der Waals surface area contributed by atoms with Crippen molar-refractivity contribution in [1.29, 1.82) is 0 Å². The zero-order valence-electron chi connectivity index (χ0n) is 10.3. The molecule has 0 aromatic heterocycles. The van der Waals surface area contributed by atoms with Gasteiger partial charge >= 0.3 is 0 Å². The Hall–Kier alpha value is -1.53. The van der Waals surface area contributed by atoms with Crippen molar-refractivity contribution in [2.75, 3.05) is 11.1 Å². The van der Waals surface area contributed by atoms with Crippen LogP contribution in [0.1, 0.15) is 0 Å². The van der Waals surface area contributed by atoms with E-state index < -0.39 is 5.82 Å². The normalized spacial score (nSPS) is 10.3. The molecule has 0 aliphatic carbocycles. The summed E-state index contributed by atoms with van der Waals surface area (Å²) >= 11 is 4.34. The van der Waals surface area contributed by atoms with Gasteiger partial charge in [-0.3, -0.25) is 4.79 Å². The second kappa shape index (κ2) is 6.76. The predicted octanol–water partition coefficient (Wildman–Crippen LogP) is 4.02. The van der Waals surface area contributed by atoms with Gasteiger partial charge in [-0.05, 0) is 30.3 Å². The first kappa shape index (κ1) is 14.9. The van der Waals surface area contributed by atoms with Gasteiger partial charge in [0.15, 0.2) is 0 Å². The van der Waals surface area contributed by atoms with Crippen LogP contribution in [0.2, 0.25) is 0 Å². The van der Waals surface area contributed by atoms with E-state index in [0.29, 0.717) is 9.37 Å². The lowest BCUT2D eigenvalue weighted by atomic mass is 10.3. The topological polar surface area (TPSA) is 49.3 Å². The Bertz CT molecular complexity index is 636. The Kier molecular flexibility index (Phi) is 5.03. The highest BCUT2D eigenvalue weighted by atomic mass is 79.9. The van der Waals surface area contributed by atoms with Crippen molar-refractivity contribution < 1.29 is 14.3 Å². The first-order valence-corrected chi connectivity index (χ1v) is 7.50. The number of hydrogen-bond acceptors (Lipinski definition) is 3. The minimum Gasteiger partial charge on any atom is -0.507 e. The van der Waals surface area contributed by atoms with Gasteiger partial charge in [-0.2, -0.15) is 0 Å². The van der Waals surface area contributed by atoms with Gasteiger partial charge in [-0.25, -0.2) is 4.39 Å². The molecule has 0 unspecified atom stereocenters. The van der Waals surface area contributed by atoms with Gasteiger partial charge in [-0.15, -0.1) is 11.8 Å². The predicted molar refractivity (Wildman–Crippen MR) is 81.6 cm³/mol. The van der Waals surface area contributed by atoms with Gasteiger partial charge in [0.2, 0.25) is 5.91 Å². The van der Waals surface area contributed by atoms with Crippen LogP contribution in [-0.2, 0) is 4.79 Å². The number of para-hydroxylation sites is 1. The van der Waals surface area contributed by atoms with E-state index in [1.807, 2.05) is 0 Å². The summed E-state index contributed by atoms with van der Waals surface area (Å²) in [7, 11) is 0. The van der Waals surface area contributed by atoms with Gasteiger partial charge in [0, 0.05) is 9.37 Å². The Morgan fingerprint density at radius 2 is 2.05 bits per heavy atom. The highest BCUT2D eigenvalue weighted by Gasteiger charge is 2.09. The van der Waals surface area contributed by atoms with Crippen LogP contribution >= 0.6 is 27.7 Å². The molecule has 6 heteroatoms.